The zero-order valence-electron chi connectivity index (χ0n) is 18.0. The van der Waals surface area contributed by atoms with Gasteiger partial charge in [-0.15, -0.1) is 11.3 Å². The molecule has 0 fully saturated rings. The average Bonchev–Trinajstić information content (AvgIpc) is 3.23. The maximum atomic E-state index is 12.1. The molecular weight excluding hydrogens is 450 g/mol. The molecule has 4 N–H and O–H groups in total. The SMILES string of the molecule is COCCNC(=O)c1ccc(-c2csc(Nc3cc(S(N)=O)ccc3OC(C)C)n2)cn1. The summed E-state index contributed by atoms with van der Waals surface area (Å²) in [4.78, 5) is 21.4. The molecule has 1 atom stereocenters. The van der Waals surface area contributed by atoms with Crippen molar-refractivity contribution in [2.75, 3.05) is 25.6 Å². The van der Waals surface area contributed by atoms with Crippen molar-refractivity contribution in [1.82, 2.24) is 15.3 Å². The number of pyridine rings is 1. The Hall–Kier alpha value is -2.86. The maximum absolute atomic E-state index is 12.1. The van der Waals surface area contributed by atoms with E-state index in [0.717, 1.165) is 5.56 Å². The highest BCUT2D eigenvalue weighted by molar-refractivity contribution is 7.82. The molecule has 170 valence electrons. The first-order valence-electron chi connectivity index (χ1n) is 9.80. The second-order valence-electron chi connectivity index (χ2n) is 6.97. The summed E-state index contributed by atoms with van der Waals surface area (Å²) in [6.45, 7) is 4.71. The molecule has 1 aromatic carbocycles. The predicted octanol–water partition coefficient (Wildman–Crippen LogP) is 3.09. The van der Waals surface area contributed by atoms with E-state index < -0.39 is 11.0 Å². The quantitative estimate of drug-likeness (QED) is 0.384. The minimum atomic E-state index is -1.61. The number of ether oxygens (including phenoxy) is 2. The van der Waals surface area contributed by atoms with Crippen molar-refractivity contribution in [3.05, 3.63) is 47.6 Å². The van der Waals surface area contributed by atoms with Gasteiger partial charge in [-0.25, -0.2) is 14.3 Å². The number of hydrogen-bond acceptors (Lipinski definition) is 8. The van der Waals surface area contributed by atoms with Crippen molar-refractivity contribution in [1.29, 1.82) is 0 Å². The zero-order chi connectivity index (χ0) is 23.1. The summed E-state index contributed by atoms with van der Waals surface area (Å²) in [5.41, 5.74) is 2.43. The van der Waals surface area contributed by atoms with Gasteiger partial charge in [0.2, 0.25) is 0 Å². The monoisotopic (exact) mass is 475 g/mol. The van der Waals surface area contributed by atoms with Crippen LogP contribution in [-0.4, -0.2) is 46.4 Å². The van der Waals surface area contributed by atoms with Gasteiger partial charge in [0.25, 0.3) is 5.91 Å². The van der Waals surface area contributed by atoms with E-state index in [1.165, 1.54) is 11.3 Å². The molecule has 1 unspecified atom stereocenters. The third kappa shape index (κ3) is 6.33. The van der Waals surface area contributed by atoms with Crippen LogP contribution < -0.4 is 20.5 Å². The van der Waals surface area contributed by atoms with Crippen molar-refractivity contribution in [3.8, 4) is 17.0 Å². The number of methoxy groups -OCH3 is 1. The number of carbonyl (C=O) groups is 1. The molecule has 2 aromatic heterocycles. The fraction of sp³-hybridized carbons (Fsp3) is 0.286. The summed E-state index contributed by atoms with van der Waals surface area (Å²) in [5, 5.41) is 14.0. The summed E-state index contributed by atoms with van der Waals surface area (Å²) >= 11 is 1.40. The minimum absolute atomic E-state index is 0.0343. The van der Waals surface area contributed by atoms with Gasteiger partial charge in [-0.2, -0.15) is 0 Å². The van der Waals surface area contributed by atoms with Gasteiger partial charge in [0.1, 0.15) is 22.4 Å². The number of benzene rings is 1. The lowest BCUT2D eigenvalue weighted by Gasteiger charge is -2.15. The summed E-state index contributed by atoms with van der Waals surface area (Å²) in [6, 6.07) is 8.54. The molecule has 0 radical (unpaired) electrons. The molecule has 0 saturated heterocycles. The van der Waals surface area contributed by atoms with Crippen molar-refractivity contribution in [3.63, 3.8) is 0 Å². The summed E-state index contributed by atoms with van der Waals surface area (Å²) in [6.07, 6.45) is 1.57. The van der Waals surface area contributed by atoms with Crippen LogP contribution in [0.15, 0.2) is 46.8 Å². The molecule has 11 heteroatoms. The highest BCUT2D eigenvalue weighted by atomic mass is 32.2. The Morgan fingerprint density at radius 2 is 2.09 bits per heavy atom. The van der Waals surface area contributed by atoms with Crippen LogP contribution in [0, 0.1) is 0 Å². The van der Waals surface area contributed by atoms with Crippen LogP contribution in [0.1, 0.15) is 24.3 Å². The van der Waals surface area contributed by atoms with Gasteiger partial charge in [-0.1, -0.05) is 0 Å². The van der Waals surface area contributed by atoms with Crippen molar-refractivity contribution >= 4 is 39.0 Å². The highest BCUT2D eigenvalue weighted by Gasteiger charge is 2.13. The topological polar surface area (TPSA) is 128 Å². The smallest absolute Gasteiger partial charge is 0.269 e. The van der Waals surface area contributed by atoms with Crippen molar-refractivity contribution in [2.24, 2.45) is 5.14 Å². The molecule has 0 bridgehead atoms. The van der Waals surface area contributed by atoms with Crippen LogP contribution in [0.2, 0.25) is 0 Å². The van der Waals surface area contributed by atoms with Crippen LogP contribution in [0.4, 0.5) is 10.8 Å². The molecule has 0 aliphatic heterocycles. The second-order valence-corrected chi connectivity index (χ2v) is 8.89. The third-order valence-electron chi connectivity index (χ3n) is 4.18. The number of nitrogens with one attached hydrogen (secondary N) is 2. The van der Waals surface area contributed by atoms with Gasteiger partial charge in [0.05, 0.1) is 29.0 Å². The number of amides is 1. The van der Waals surface area contributed by atoms with Crippen LogP contribution >= 0.6 is 11.3 Å². The lowest BCUT2D eigenvalue weighted by Crippen LogP contribution is -2.27. The normalized spacial score (nSPS) is 11.9. The Balaban J connectivity index is 1.75. The Labute approximate surface area is 193 Å². The Morgan fingerprint density at radius 1 is 1.28 bits per heavy atom. The number of carbonyl (C=O) groups excluding carboxylic acids is 1. The van der Waals surface area contributed by atoms with Gasteiger partial charge in [0, 0.05) is 30.8 Å². The van der Waals surface area contributed by atoms with E-state index in [1.54, 1.807) is 43.6 Å². The summed E-state index contributed by atoms with van der Waals surface area (Å²) in [5.74, 6) is 0.348. The summed E-state index contributed by atoms with van der Waals surface area (Å²) < 4.78 is 22.4. The average molecular weight is 476 g/mol. The van der Waals surface area contributed by atoms with Crippen LogP contribution in [-0.2, 0) is 15.7 Å². The molecule has 3 rings (SSSR count). The Bertz CT molecular complexity index is 1090. The van der Waals surface area contributed by atoms with E-state index >= 15 is 0 Å². The van der Waals surface area contributed by atoms with Crippen LogP contribution in [0.25, 0.3) is 11.3 Å². The van der Waals surface area contributed by atoms with E-state index in [0.29, 0.717) is 46.0 Å². The highest BCUT2D eigenvalue weighted by Crippen LogP contribution is 2.33. The van der Waals surface area contributed by atoms with E-state index in [1.807, 2.05) is 19.2 Å². The molecule has 0 spiro atoms. The fourth-order valence-corrected chi connectivity index (χ4v) is 3.87. The Morgan fingerprint density at radius 3 is 2.75 bits per heavy atom. The molecule has 1 amide bonds. The standard InChI is InChI=1S/C21H25N5O4S2/c1-13(2)30-19-7-5-15(32(22)28)10-17(19)25-21-26-18(12-31-21)14-4-6-16(24-11-14)20(27)23-8-9-29-3/h4-7,10-13H,8-9,22H2,1-3H3,(H,23,27)(H,25,26). The van der Waals surface area contributed by atoms with E-state index in [-0.39, 0.29) is 12.0 Å². The molecule has 0 saturated carbocycles. The first kappa shape index (κ1) is 23.8. The molecule has 32 heavy (non-hydrogen) atoms. The molecule has 9 nitrogen and oxygen atoms in total. The molecule has 3 aromatic rings. The van der Waals surface area contributed by atoms with Gasteiger partial charge >= 0.3 is 0 Å². The first-order valence-corrected chi connectivity index (χ1v) is 11.9. The summed E-state index contributed by atoms with van der Waals surface area (Å²) in [7, 11) is -0.0388. The van der Waals surface area contributed by atoms with Gasteiger partial charge in [-0.05, 0) is 44.2 Å². The number of thiazole rings is 1. The van der Waals surface area contributed by atoms with Gasteiger partial charge < -0.3 is 20.1 Å². The Kier molecular flexibility index (Phi) is 8.28. The largest absolute Gasteiger partial charge is 0.489 e. The van der Waals surface area contributed by atoms with E-state index in [4.69, 9.17) is 14.6 Å². The molecular formula is C21H25N5O4S2. The lowest BCUT2D eigenvalue weighted by atomic mass is 10.2. The van der Waals surface area contributed by atoms with Crippen molar-refractivity contribution in [2.45, 2.75) is 24.8 Å². The number of aromatic nitrogens is 2. The number of hydrogen-bond donors (Lipinski definition) is 3. The van der Waals surface area contributed by atoms with E-state index in [2.05, 4.69) is 20.6 Å². The number of nitrogens with zero attached hydrogens (tertiary/aromatic N) is 2. The minimum Gasteiger partial charge on any atom is -0.489 e. The molecule has 0 aliphatic carbocycles. The lowest BCUT2D eigenvalue weighted by molar-refractivity contribution is 0.0932. The maximum Gasteiger partial charge on any atom is 0.269 e. The van der Waals surface area contributed by atoms with Gasteiger partial charge in [0.15, 0.2) is 5.13 Å². The third-order valence-corrected chi connectivity index (χ3v) is 5.65. The number of nitrogens with two attached hydrogens (primary N) is 1. The first-order chi connectivity index (χ1) is 15.4. The van der Waals surface area contributed by atoms with Crippen LogP contribution in [0.5, 0.6) is 5.75 Å². The second kappa shape index (κ2) is 11.1. The number of anilines is 2. The molecule has 2 heterocycles. The van der Waals surface area contributed by atoms with Gasteiger partial charge in [-0.3, -0.25) is 9.78 Å². The predicted molar refractivity (Wildman–Crippen MR) is 126 cm³/mol. The zero-order valence-corrected chi connectivity index (χ0v) is 19.6. The number of rotatable bonds is 10. The van der Waals surface area contributed by atoms with E-state index in [9.17, 15) is 9.00 Å². The molecule has 0 aliphatic rings. The fourth-order valence-electron chi connectivity index (χ4n) is 2.70. The van der Waals surface area contributed by atoms with Crippen LogP contribution in [0.3, 0.4) is 0 Å². The van der Waals surface area contributed by atoms with Crippen molar-refractivity contribution < 1.29 is 18.5 Å².